The van der Waals surface area contributed by atoms with E-state index in [0.29, 0.717) is 28.1 Å². The van der Waals surface area contributed by atoms with Crippen molar-refractivity contribution in [2.75, 3.05) is 7.05 Å². The van der Waals surface area contributed by atoms with E-state index in [9.17, 15) is 4.79 Å². The van der Waals surface area contributed by atoms with Crippen molar-refractivity contribution in [1.82, 2.24) is 10.1 Å². The van der Waals surface area contributed by atoms with Crippen LogP contribution in [-0.2, 0) is 6.54 Å². The third kappa shape index (κ3) is 3.25. The molecule has 0 aliphatic rings. The van der Waals surface area contributed by atoms with Gasteiger partial charge in [-0.2, -0.15) is 0 Å². The van der Waals surface area contributed by atoms with Crippen molar-refractivity contribution in [2.24, 2.45) is 0 Å². The number of nitrogens with zero attached hydrogens (tertiary/aromatic N) is 2. The molecule has 0 aliphatic heterocycles. The van der Waals surface area contributed by atoms with Crippen LogP contribution in [0.3, 0.4) is 0 Å². The van der Waals surface area contributed by atoms with Crippen LogP contribution in [0.5, 0.6) is 0 Å². The minimum absolute atomic E-state index is 0.192. The van der Waals surface area contributed by atoms with Crippen LogP contribution in [0, 0.1) is 0 Å². The fourth-order valence-corrected chi connectivity index (χ4v) is 2.48. The highest BCUT2D eigenvalue weighted by atomic mass is 35.5. The maximum absolute atomic E-state index is 12.4. The summed E-state index contributed by atoms with van der Waals surface area (Å²) in [7, 11) is 1.65. The van der Waals surface area contributed by atoms with Crippen LogP contribution in [0.25, 0.3) is 11.5 Å². The van der Waals surface area contributed by atoms with E-state index in [0.717, 1.165) is 5.56 Å². The second kappa shape index (κ2) is 6.48. The third-order valence-corrected chi connectivity index (χ3v) is 4.14. The van der Waals surface area contributed by atoms with Gasteiger partial charge in [0.1, 0.15) is 0 Å². The number of aromatic nitrogens is 1. The van der Waals surface area contributed by atoms with Crippen molar-refractivity contribution in [3.63, 3.8) is 0 Å². The second-order valence-corrected chi connectivity index (χ2v) is 5.71. The van der Waals surface area contributed by atoms with E-state index in [-0.39, 0.29) is 11.6 Å². The van der Waals surface area contributed by atoms with Crippen LogP contribution in [0.1, 0.15) is 16.1 Å². The van der Waals surface area contributed by atoms with Crippen LogP contribution in [0.2, 0.25) is 10.0 Å². The number of benzene rings is 1. The number of amides is 1. The molecule has 3 aromatic rings. The molecule has 118 valence electrons. The van der Waals surface area contributed by atoms with Crippen LogP contribution < -0.4 is 0 Å². The summed E-state index contributed by atoms with van der Waals surface area (Å²) in [5.41, 5.74) is 0.946. The Morgan fingerprint density at radius 1 is 1.22 bits per heavy atom. The highest BCUT2D eigenvalue weighted by Gasteiger charge is 2.19. The van der Waals surface area contributed by atoms with E-state index >= 15 is 0 Å². The number of halogens is 2. The molecule has 0 saturated heterocycles. The van der Waals surface area contributed by atoms with Crippen molar-refractivity contribution in [2.45, 2.75) is 6.54 Å². The Labute approximate surface area is 142 Å². The van der Waals surface area contributed by atoms with E-state index in [1.54, 1.807) is 31.3 Å². The molecule has 0 N–H and O–H groups in total. The Morgan fingerprint density at radius 2 is 2.04 bits per heavy atom. The molecule has 0 aliphatic carbocycles. The molecule has 0 bridgehead atoms. The lowest BCUT2D eigenvalue weighted by Gasteiger charge is -2.16. The quantitative estimate of drug-likeness (QED) is 0.694. The SMILES string of the molecule is CN(Cc1cccc(Cl)c1Cl)C(=O)c1cc(-c2ccco2)on1. The highest BCUT2D eigenvalue weighted by Crippen LogP contribution is 2.27. The van der Waals surface area contributed by atoms with Gasteiger partial charge in [-0.05, 0) is 23.8 Å². The van der Waals surface area contributed by atoms with Gasteiger partial charge in [0.25, 0.3) is 5.91 Å². The van der Waals surface area contributed by atoms with Gasteiger partial charge in [-0.3, -0.25) is 4.79 Å². The molecule has 1 aromatic carbocycles. The minimum Gasteiger partial charge on any atom is -0.461 e. The van der Waals surface area contributed by atoms with Gasteiger partial charge in [-0.25, -0.2) is 0 Å². The summed E-state index contributed by atoms with van der Waals surface area (Å²) < 4.78 is 10.3. The number of carbonyl (C=O) groups is 1. The van der Waals surface area contributed by atoms with Gasteiger partial charge in [0.15, 0.2) is 11.5 Å². The van der Waals surface area contributed by atoms with Gasteiger partial charge in [-0.1, -0.05) is 40.5 Å². The molecule has 23 heavy (non-hydrogen) atoms. The predicted octanol–water partition coefficient (Wildman–Crippen LogP) is 4.51. The molecule has 0 atom stereocenters. The van der Waals surface area contributed by atoms with E-state index in [1.165, 1.54) is 17.2 Å². The van der Waals surface area contributed by atoms with Crippen molar-refractivity contribution >= 4 is 29.1 Å². The van der Waals surface area contributed by atoms with Gasteiger partial charge in [-0.15, -0.1) is 0 Å². The molecule has 7 heteroatoms. The fraction of sp³-hybridized carbons (Fsp3) is 0.125. The van der Waals surface area contributed by atoms with E-state index in [4.69, 9.17) is 32.1 Å². The Bertz CT molecular complexity index is 828. The summed E-state index contributed by atoms with van der Waals surface area (Å²) in [5, 5.41) is 4.68. The van der Waals surface area contributed by atoms with Gasteiger partial charge < -0.3 is 13.8 Å². The zero-order valence-electron chi connectivity index (χ0n) is 12.1. The van der Waals surface area contributed by atoms with Gasteiger partial charge in [0.05, 0.1) is 16.3 Å². The van der Waals surface area contributed by atoms with Gasteiger partial charge in [0, 0.05) is 19.7 Å². The smallest absolute Gasteiger partial charge is 0.276 e. The first-order valence-corrected chi connectivity index (χ1v) is 7.51. The minimum atomic E-state index is -0.289. The van der Waals surface area contributed by atoms with E-state index < -0.39 is 0 Å². The van der Waals surface area contributed by atoms with Crippen molar-refractivity contribution in [1.29, 1.82) is 0 Å². The second-order valence-electron chi connectivity index (χ2n) is 4.93. The average molecular weight is 351 g/mol. The lowest BCUT2D eigenvalue weighted by molar-refractivity contribution is 0.0775. The number of furan rings is 1. The van der Waals surface area contributed by atoms with Crippen molar-refractivity contribution in [3.05, 3.63) is 64.0 Å². The summed E-state index contributed by atoms with van der Waals surface area (Å²) in [6.07, 6.45) is 1.52. The molecule has 3 rings (SSSR count). The molecular weight excluding hydrogens is 339 g/mol. The standard InChI is InChI=1S/C16H12Cl2N2O3/c1-20(9-10-4-2-5-11(17)15(10)18)16(21)12-8-14(23-19-12)13-6-3-7-22-13/h2-8H,9H2,1H3. The molecule has 2 heterocycles. The third-order valence-electron chi connectivity index (χ3n) is 3.28. The summed E-state index contributed by atoms with van der Waals surface area (Å²) in [4.78, 5) is 13.9. The Hall–Kier alpha value is -2.24. The molecule has 1 amide bonds. The zero-order chi connectivity index (χ0) is 16.4. The normalized spacial score (nSPS) is 10.7. The summed E-state index contributed by atoms with van der Waals surface area (Å²) in [6, 6.07) is 10.3. The van der Waals surface area contributed by atoms with E-state index in [2.05, 4.69) is 5.16 Å². The number of rotatable bonds is 4. The summed E-state index contributed by atoms with van der Waals surface area (Å²) >= 11 is 12.1. The monoisotopic (exact) mass is 350 g/mol. The topological polar surface area (TPSA) is 59.5 Å². The molecule has 2 aromatic heterocycles. The average Bonchev–Trinajstić information content (AvgIpc) is 3.21. The van der Waals surface area contributed by atoms with Crippen LogP contribution in [0.4, 0.5) is 0 Å². The molecule has 0 saturated carbocycles. The zero-order valence-corrected chi connectivity index (χ0v) is 13.6. The molecule has 5 nitrogen and oxygen atoms in total. The van der Waals surface area contributed by atoms with Crippen LogP contribution in [-0.4, -0.2) is 23.0 Å². The first kappa shape index (κ1) is 15.6. The maximum Gasteiger partial charge on any atom is 0.276 e. The first-order chi connectivity index (χ1) is 11.1. The van der Waals surface area contributed by atoms with Gasteiger partial charge in [0.2, 0.25) is 5.76 Å². The molecule has 0 unspecified atom stereocenters. The van der Waals surface area contributed by atoms with Gasteiger partial charge >= 0.3 is 0 Å². The number of hydrogen-bond acceptors (Lipinski definition) is 4. The Balaban J connectivity index is 1.76. The maximum atomic E-state index is 12.4. The fourth-order valence-electron chi connectivity index (χ4n) is 2.10. The van der Waals surface area contributed by atoms with Crippen molar-refractivity contribution < 1.29 is 13.7 Å². The Morgan fingerprint density at radius 3 is 2.78 bits per heavy atom. The van der Waals surface area contributed by atoms with E-state index in [1.807, 2.05) is 6.07 Å². The number of hydrogen-bond donors (Lipinski definition) is 0. The molecular formula is C16H12Cl2N2O3. The molecule has 0 fully saturated rings. The summed E-state index contributed by atoms with van der Waals surface area (Å²) in [6.45, 7) is 0.307. The lowest BCUT2D eigenvalue weighted by atomic mass is 10.2. The Kier molecular flexibility index (Phi) is 4.41. The lowest BCUT2D eigenvalue weighted by Crippen LogP contribution is -2.26. The molecule has 0 spiro atoms. The van der Waals surface area contributed by atoms with Crippen molar-refractivity contribution in [3.8, 4) is 11.5 Å². The van der Waals surface area contributed by atoms with Crippen LogP contribution >= 0.6 is 23.2 Å². The largest absolute Gasteiger partial charge is 0.461 e. The number of carbonyl (C=O) groups excluding carboxylic acids is 1. The highest BCUT2D eigenvalue weighted by molar-refractivity contribution is 6.42. The predicted molar refractivity (Wildman–Crippen MR) is 86.5 cm³/mol. The van der Waals surface area contributed by atoms with Crippen LogP contribution in [0.15, 0.2) is 51.6 Å². The summed E-state index contributed by atoms with van der Waals surface area (Å²) in [5.74, 6) is 0.618. The molecule has 0 radical (unpaired) electrons. The first-order valence-electron chi connectivity index (χ1n) is 6.75.